The molecule has 2 aromatic carbocycles. The van der Waals surface area contributed by atoms with Crippen molar-refractivity contribution in [2.75, 3.05) is 25.0 Å². The van der Waals surface area contributed by atoms with E-state index in [0.717, 1.165) is 25.0 Å². The Morgan fingerprint density at radius 2 is 1.94 bits per heavy atom. The minimum Gasteiger partial charge on any atom is -0.507 e. The minimum absolute atomic E-state index is 0.0451. The second-order valence-electron chi connectivity index (χ2n) is 8.59. The monoisotopic (exact) mass is 491 g/mol. The second kappa shape index (κ2) is 9.31. The van der Waals surface area contributed by atoms with E-state index >= 15 is 0 Å². The molecule has 35 heavy (non-hydrogen) atoms. The molecule has 11 heteroatoms. The van der Waals surface area contributed by atoms with Crippen LogP contribution >= 0.6 is 0 Å². The molecule has 0 saturated carbocycles. The van der Waals surface area contributed by atoms with Crippen molar-refractivity contribution in [3.8, 4) is 17.0 Å². The normalized spacial score (nSPS) is 17.0. The molecule has 1 atom stereocenters. The fourth-order valence-corrected chi connectivity index (χ4v) is 5.91. The summed E-state index contributed by atoms with van der Waals surface area (Å²) in [6.45, 7) is 1.26. The van der Waals surface area contributed by atoms with Crippen LogP contribution in [0.5, 0.6) is 5.75 Å². The van der Waals surface area contributed by atoms with Gasteiger partial charge in [0.15, 0.2) is 5.65 Å². The first-order valence-corrected chi connectivity index (χ1v) is 12.7. The van der Waals surface area contributed by atoms with Gasteiger partial charge in [0.25, 0.3) is 0 Å². The zero-order valence-electron chi connectivity index (χ0n) is 18.8. The fraction of sp³-hybridized carbons (Fsp3) is 0.250. The highest BCUT2D eigenvalue weighted by molar-refractivity contribution is 7.89. The van der Waals surface area contributed by atoms with Gasteiger partial charge in [0, 0.05) is 37.5 Å². The highest BCUT2D eigenvalue weighted by Gasteiger charge is 2.30. The van der Waals surface area contributed by atoms with E-state index in [-0.39, 0.29) is 16.6 Å². The van der Waals surface area contributed by atoms with E-state index in [1.807, 2.05) is 6.07 Å². The molecule has 2 aromatic heterocycles. The van der Waals surface area contributed by atoms with Crippen LogP contribution in [0.25, 0.3) is 16.9 Å². The van der Waals surface area contributed by atoms with Gasteiger partial charge in [-0.15, -0.1) is 0 Å². The van der Waals surface area contributed by atoms with E-state index in [1.54, 1.807) is 28.8 Å². The highest BCUT2D eigenvalue weighted by Crippen LogP contribution is 2.30. The van der Waals surface area contributed by atoms with Crippen LogP contribution in [0.4, 0.5) is 10.2 Å². The molecule has 178 valence electrons. The van der Waals surface area contributed by atoms with Gasteiger partial charge in [-0.1, -0.05) is 12.1 Å². The number of nitrogens with zero attached hydrogens (tertiary/aromatic N) is 4. The lowest BCUT2D eigenvalue weighted by molar-refractivity contribution is 0.275. The average molecular weight is 491 g/mol. The number of para-hydroxylation sites is 1. The Hall–Kier alpha value is -3.44. The summed E-state index contributed by atoms with van der Waals surface area (Å²) in [6.07, 6.45) is 3.08. The number of sulfonamides is 1. The van der Waals surface area contributed by atoms with E-state index in [9.17, 15) is 17.9 Å². The predicted molar refractivity (Wildman–Crippen MR) is 132 cm³/mol. The van der Waals surface area contributed by atoms with Crippen LogP contribution in [0.3, 0.4) is 0 Å². The maximum Gasteiger partial charge on any atom is 0.243 e. The smallest absolute Gasteiger partial charge is 0.243 e. The van der Waals surface area contributed by atoms with E-state index in [0.29, 0.717) is 47.8 Å². The number of phenolic OH excluding ortho intramolecular Hbond substituents is 1. The Morgan fingerprint density at radius 3 is 2.71 bits per heavy atom. The van der Waals surface area contributed by atoms with E-state index in [4.69, 9.17) is 7.85 Å². The molecule has 1 aliphatic rings. The summed E-state index contributed by atoms with van der Waals surface area (Å²) in [5.41, 5.74) is 1.96. The maximum absolute atomic E-state index is 13.3. The number of halogens is 1. The van der Waals surface area contributed by atoms with Crippen molar-refractivity contribution in [3.63, 3.8) is 0 Å². The lowest BCUT2D eigenvalue weighted by atomic mass is 9.99. The van der Waals surface area contributed by atoms with Gasteiger partial charge in [0.05, 0.1) is 10.6 Å². The lowest BCUT2D eigenvalue weighted by Gasteiger charge is -2.32. The van der Waals surface area contributed by atoms with Crippen molar-refractivity contribution in [3.05, 3.63) is 66.6 Å². The van der Waals surface area contributed by atoms with Crippen molar-refractivity contribution >= 4 is 34.8 Å². The number of anilines is 1. The number of rotatable bonds is 6. The quantitative estimate of drug-likeness (QED) is 0.403. The Morgan fingerprint density at radius 1 is 1.17 bits per heavy atom. The van der Waals surface area contributed by atoms with E-state index in [1.165, 1.54) is 22.6 Å². The number of benzene rings is 2. The molecule has 2 N–H and O–H groups in total. The molecule has 3 heterocycles. The highest BCUT2D eigenvalue weighted by atomic mass is 32.2. The summed E-state index contributed by atoms with van der Waals surface area (Å²) >= 11 is 0. The van der Waals surface area contributed by atoms with Crippen LogP contribution in [-0.2, 0) is 10.0 Å². The summed E-state index contributed by atoms with van der Waals surface area (Å²) in [4.78, 5) is 4.65. The molecule has 0 bridgehead atoms. The molecular formula is C24H23BFN5O3S. The Balaban J connectivity index is 1.37. The van der Waals surface area contributed by atoms with Gasteiger partial charge in [-0.25, -0.2) is 17.8 Å². The standard InChI is InChI=1S/C24H23BFN5O3S/c25-20-14-28-31-23(12-21(29-24(20)31)19-5-1-2-6-22(19)32)27-13-16-4-3-11-30(15-16)35(33,34)18-9-7-17(26)8-10-18/h1-2,5-10,12,14,16,27,32H,3-4,11,13,15H2. The van der Waals surface area contributed by atoms with Crippen molar-refractivity contribution in [1.82, 2.24) is 18.9 Å². The molecule has 0 spiro atoms. The second-order valence-corrected chi connectivity index (χ2v) is 10.5. The summed E-state index contributed by atoms with van der Waals surface area (Å²) in [7, 11) is 2.36. The van der Waals surface area contributed by atoms with Gasteiger partial charge >= 0.3 is 0 Å². The summed E-state index contributed by atoms with van der Waals surface area (Å²) in [5.74, 6) is 0.297. The van der Waals surface area contributed by atoms with Crippen LogP contribution in [0.15, 0.2) is 65.7 Å². The van der Waals surface area contributed by atoms with Crippen LogP contribution in [0, 0.1) is 11.7 Å². The summed E-state index contributed by atoms with van der Waals surface area (Å²) in [5, 5.41) is 18.0. The van der Waals surface area contributed by atoms with Gasteiger partial charge in [0.2, 0.25) is 10.0 Å². The van der Waals surface area contributed by atoms with Gasteiger partial charge < -0.3 is 10.4 Å². The number of hydrogen-bond acceptors (Lipinski definition) is 6. The molecule has 2 radical (unpaired) electrons. The zero-order valence-corrected chi connectivity index (χ0v) is 19.6. The Kier molecular flexibility index (Phi) is 6.20. The first kappa shape index (κ1) is 23.3. The van der Waals surface area contributed by atoms with E-state index in [2.05, 4.69) is 15.4 Å². The van der Waals surface area contributed by atoms with Crippen molar-refractivity contribution in [2.45, 2.75) is 17.7 Å². The first-order valence-electron chi connectivity index (χ1n) is 11.2. The van der Waals surface area contributed by atoms with Gasteiger partial charge in [-0.05, 0) is 60.6 Å². The molecule has 1 unspecified atom stereocenters. The number of hydrogen-bond donors (Lipinski definition) is 2. The zero-order chi connectivity index (χ0) is 24.6. The molecule has 0 amide bonds. The third kappa shape index (κ3) is 4.61. The molecule has 0 aliphatic carbocycles. The molecule has 1 aliphatic heterocycles. The number of aromatic hydroxyl groups is 1. The number of nitrogens with one attached hydrogen (secondary N) is 1. The fourth-order valence-electron chi connectivity index (χ4n) is 4.35. The first-order chi connectivity index (χ1) is 16.8. The topological polar surface area (TPSA) is 99.8 Å². The lowest BCUT2D eigenvalue weighted by Crippen LogP contribution is -2.41. The SMILES string of the molecule is [B]c1cnn2c(NCC3CCCN(S(=O)(=O)c4ccc(F)cc4)C3)cc(-c3ccccc3O)nc12. The molecule has 5 rings (SSSR count). The predicted octanol–water partition coefficient (Wildman–Crippen LogP) is 2.55. The molecule has 8 nitrogen and oxygen atoms in total. The molecular weight excluding hydrogens is 468 g/mol. The van der Waals surface area contributed by atoms with Crippen LogP contribution < -0.4 is 10.8 Å². The number of phenols is 1. The summed E-state index contributed by atoms with van der Waals surface area (Å²) < 4.78 is 42.4. The largest absolute Gasteiger partial charge is 0.507 e. The maximum atomic E-state index is 13.3. The van der Waals surface area contributed by atoms with Crippen LogP contribution in [-0.4, -0.2) is 59.9 Å². The number of aromatic nitrogens is 3. The van der Waals surface area contributed by atoms with Gasteiger partial charge in [-0.3, -0.25) is 0 Å². The third-order valence-electron chi connectivity index (χ3n) is 6.18. The minimum atomic E-state index is -3.71. The number of piperidine rings is 1. The Labute approximate surface area is 203 Å². The molecule has 1 saturated heterocycles. The van der Waals surface area contributed by atoms with Crippen molar-refractivity contribution < 1.29 is 17.9 Å². The molecule has 1 fully saturated rings. The summed E-state index contributed by atoms with van der Waals surface area (Å²) in [6, 6.07) is 13.6. The van der Waals surface area contributed by atoms with Crippen molar-refractivity contribution in [1.29, 1.82) is 0 Å². The molecule has 4 aromatic rings. The van der Waals surface area contributed by atoms with Gasteiger partial charge in [0.1, 0.15) is 25.2 Å². The average Bonchev–Trinajstić information content (AvgIpc) is 3.24. The van der Waals surface area contributed by atoms with Crippen LogP contribution in [0.2, 0.25) is 0 Å². The van der Waals surface area contributed by atoms with Crippen LogP contribution in [0.1, 0.15) is 12.8 Å². The van der Waals surface area contributed by atoms with E-state index < -0.39 is 15.8 Å². The third-order valence-corrected chi connectivity index (χ3v) is 8.06. The van der Waals surface area contributed by atoms with Gasteiger partial charge in [-0.2, -0.15) is 13.9 Å². The number of fused-ring (bicyclic) bond motifs is 1. The Bertz CT molecular complexity index is 1480. The van der Waals surface area contributed by atoms with Crippen molar-refractivity contribution in [2.24, 2.45) is 5.92 Å².